The van der Waals surface area contributed by atoms with Crippen LogP contribution in [0, 0.1) is 0 Å². The van der Waals surface area contributed by atoms with Crippen molar-refractivity contribution in [3.63, 3.8) is 0 Å². The van der Waals surface area contributed by atoms with Crippen molar-refractivity contribution in [1.29, 1.82) is 0 Å². The Morgan fingerprint density at radius 3 is 2.54 bits per heavy atom. The number of ether oxygens (including phenoxy) is 1. The number of hydrazone groups is 1. The molecule has 14 heteroatoms. The number of nitrogens with zero attached hydrogens (tertiary/aromatic N) is 6. The molecule has 4 aromatic rings. The Hall–Kier alpha value is -4.88. The Kier molecular flexibility index (Phi) is 5.86. The van der Waals surface area contributed by atoms with E-state index in [2.05, 4.69) is 20.5 Å². The molecule has 0 atom stereocenters. The highest BCUT2D eigenvalue weighted by Crippen LogP contribution is 2.25. The molecule has 4 rings (SSSR count). The van der Waals surface area contributed by atoms with E-state index in [9.17, 15) is 24.3 Å². The summed E-state index contributed by atoms with van der Waals surface area (Å²) in [6.07, 6.45) is 1.00. The minimum atomic E-state index is -0.871. The van der Waals surface area contributed by atoms with Gasteiger partial charge in [-0.15, -0.1) is 0 Å². The normalized spacial score (nSPS) is 11.4. The number of H-pyrrole nitrogens is 1. The van der Waals surface area contributed by atoms with Gasteiger partial charge in [0.25, 0.3) is 11.1 Å². The molecular weight excluding hydrogens is 460 g/mol. The summed E-state index contributed by atoms with van der Waals surface area (Å²) in [4.78, 5) is 55.9. The molecule has 3 aromatic heterocycles. The average molecular weight is 482 g/mol. The van der Waals surface area contributed by atoms with Crippen molar-refractivity contribution in [2.45, 2.75) is 6.92 Å². The lowest BCUT2D eigenvalue weighted by molar-refractivity contribution is 0.336. The highest BCUT2D eigenvalue weighted by atomic mass is 16.5. The first-order valence-corrected chi connectivity index (χ1v) is 10.4. The quantitative estimate of drug-likeness (QED) is 0.241. The van der Waals surface area contributed by atoms with Crippen molar-refractivity contribution in [2.24, 2.45) is 26.2 Å². The monoisotopic (exact) mass is 482 g/mol. The van der Waals surface area contributed by atoms with Gasteiger partial charge in [-0.25, -0.2) is 19.6 Å². The van der Waals surface area contributed by atoms with E-state index >= 15 is 0 Å². The van der Waals surface area contributed by atoms with E-state index < -0.39 is 28.4 Å². The first-order chi connectivity index (χ1) is 16.7. The molecule has 182 valence electrons. The zero-order chi connectivity index (χ0) is 25.4. The zero-order valence-corrected chi connectivity index (χ0v) is 19.3. The Balaban J connectivity index is 1.77. The maximum atomic E-state index is 12.5. The van der Waals surface area contributed by atoms with Crippen LogP contribution in [0.2, 0.25) is 0 Å². The molecule has 35 heavy (non-hydrogen) atoms. The summed E-state index contributed by atoms with van der Waals surface area (Å²) in [5.41, 5.74) is -0.0161. The van der Waals surface area contributed by atoms with E-state index in [1.165, 1.54) is 23.2 Å². The van der Waals surface area contributed by atoms with Gasteiger partial charge in [-0.2, -0.15) is 10.1 Å². The van der Waals surface area contributed by atoms with Crippen LogP contribution in [0.3, 0.4) is 0 Å². The molecule has 0 saturated carbocycles. The Labute approximate surface area is 196 Å². The third-order valence-corrected chi connectivity index (χ3v) is 5.36. The molecule has 0 radical (unpaired) electrons. The molecule has 0 bridgehead atoms. The lowest BCUT2D eigenvalue weighted by atomic mass is 10.2. The second-order valence-corrected chi connectivity index (χ2v) is 7.48. The number of imidazole rings is 1. The number of fused-ring (bicyclic) bond motifs is 1. The van der Waals surface area contributed by atoms with Gasteiger partial charge in [0, 0.05) is 21.1 Å². The first-order valence-electron chi connectivity index (χ1n) is 10.4. The number of hydrogen-bond donors (Lipinski definition) is 3. The molecular formula is C21H22N8O6. The molecule has 0 aliphatic heterocycles. The van der Waals surface area contributed by atoms with Crippen LogP contribution in [-0.4, -0.2) is 46.2 Å². The summed E-state index contributed by atoms with van der Waals surface area (Å²) < 4.78 is 9.98. The second kappa shape index (κ2) is 8.81. The van der Waals surface area contributed by atoms with Crippen LogP contribution < -0.4 is 32.7 Å². The third-order valence-electron chi connectivity index (χ3n) is 5.36. The van der Waals surface area contributed by atoms with Crippen LogP contribution in [0.25, 0.3) is 16.9 Å². The lowest BCUT2D eigenvalue weighted by Gasteiger charge is -2.13. The Morgan fingerprint density at radius 2 is 1.83 bits per heavy atom. The van der Waals surface area contributed by atoms with Gasteiger partial charge < -0.3 is 14.4 Å². The summed E-state index contributed by atoms with van der Waals surface area (Å²) in [6, 6.07) is 6.52. The van der Waals surface area contributed by atoms with Crippen LogP contribution in [0.15, 0.2) is 48.5 Å². The summed E-state index contributed by atoms with van der Waals surface area (Å²) in [5, 5.41) is 14.7. The minimum Gasteiger partial charge on any atom is -0.493 e. The van der Waals surface area contributed by atoms with E-state index in [0.29, 0.717) is 12.4 Å². The van der Waals surface area contributed by atoms with Crippen LogP contribution in [0.4, 0.5) is 5.95 Å². The molecule has 0 fully saturated rings. The fourth-order valence-electron chi connectivity index (χ4n) is 3.57. The summed E-state index contributed by atoms with van der Waals surface area (Å²) in [5.74, 6) is -0.231. The van der Waals surface area contributed by atoms with Gasteiger partial charge in [0.2, 0.25) is 11.8 Å². The van der Waals surface area contributed by atoms with E-state index in [0.717, 1.165) is 15.3 Å². The third kappa shape index (κ3) is 3.80. The predicted octanol–water partition coefficient (Wildman–Crippen LogP) is -0.640. The number of rotatable bonds is 6. The standard InChI is InChI=1S/C21H22N8O6/c1-5-35-13-9-7-6-8-12(13)29-17(31)11(16(30)24-20(29)33)10-22-25-19-23-15-14(26(19)2)18(32)28(4)21(34)27(15)3/h6-10,31H,5H2,1-4H3,(H,23,25)(H,24,30,33)/b22-10-. The molecule has 0 aliphatic carbocycles. The van der Waals surface area contributed by atoms with E-state index in [-0.39, 0.29) is 28.4 Å². The largest absolute Gasteiger partial charge is 0.493 e. The second-order valence-electron chi connectivity index (χ2n) is 7.48. The van der Waals surface area contributed by atoms with Crippen molar-refractivity contribution < 1.29 is 9.84 Å². The number of hydrogen-bond acceptors (Lipinski definition) is 9. The van der Waals surface area contributed by atoms with Gasteiger partial charge in [0.15, 0.2) is 11.2 Å². The lowest BCUT2D eigenvalue weighted by Crippen LogP contribution is -2.37. The first kappa shape index (κ1) is 23.3. The van der Waals surface area contributed by atoms with Crippen LogP contribution in [-0.2, 0) is 21.1 Å². The molecule has 0 saturated heterocycles. The fourth-order valence-corrected chi connectivity index (χ4v) is 3.57. The van der Waals surface area contributed by atoms with E-state index in [1.54, 1.807) is 38.2 Å². The van der Waals surface area contributed by atoms with E-state index in [1.807, 2.05) is 0 Å². The van der Waals surface area contributed by atoms with E-state index in [4.69, 9.17) is 4.74 Å². The number of aromatic nitrogens is 6. The molecule has 0 aliphatic rings. The van der Waals surface area contributed by atoms with Crippen LogP contribution in [0.1, 0.15) is 12.5 Å². The molecule has 3 N–H and O–H groups in total. The van der Waals surface area contributed by atoms with Gasteiger partial charge in [0.1, 0.15) is 11.3 Å². The Morgan fingerprint density at radius 1 is 1.11 bits per heavy atom. The SMILES string of the molecule is CCOc1ccccc1-n1c(O)c(/C=N\Nc2nc3c(c(=O)n(C)c(=O)n3C)n2C)c(=O)[nH]c1=O. The maximum absolute atomic E-state index is 12.5. The fraction of sp³-hybridized carbons (Fsp3) is 0.238. The summed E-state index contributed by atoms with van der Waals surface area (Å²) in [7, 11) is 4.38. The molecule has 3 heterocycles. The number of nitrogens with one attached hydrogen (secondary N) is 2. The Bertz CT molecular complexity index is 1720. The van der Waals surface area contributed by atoms with Crippen molar-refractivity contribution >= 4 is 23.3 Å². The smallest absolute Gasteiger partial charge is 0.335 e. The molecule has 1 aromatic carbocycles. The number of anilines is 1. The number of aryl methyl sites for hydroxylation is 2. The molecule has 0 spiro atoms. The molecule has 0 unspecified atom stereocenters. The minimum absolute atomic E-state index is 0.0977. The number of para-hydroxylation sites is 2. The highest BCUT2D eigenvalue weighted by molar-refractivity contribution is 5.83. The number of benzene rings is 1. The van der Waals surface area contributed by atoms with Crippen LogP contribution in [0.5, 0.6) is 11.6 Å². The number of aromatic amines is 1. The van der Waals surface area contributed by atoms with Gasteiger partial charge in [0.05, 0.1) is 18.5 Å². The maximum Gasteiger partial charge on any atom is 0.335 e. The van der Waals surface area contributed by atoms with Crippen LogP contribution >= 0.6 is 0 Å². The topological polar surface area (TPSA) is 171 Å². The van der Waals surface area contributed by atoms with Gasteiger partial charge in [-0.3, -0.25) is 23.7 Å². The average Bonchev–Trinajstić information content (AvgIpc) is 3.15. The van der Waals surface area contributed by atoms with Crippen molar-refractivity contribution in [2.75, 3.05) is 12.0 Å². The van der Waals surface area contributed by atoms with Gasteiger partial charge in [-0.05, 0) is 19.1 Å². The molecule has 14 nitrogen and oxygen atoms in total. The summed E-state index contributed by atoms with van der Waals surface area (Å²) >= 11 is 0. The van der Waals surface area contributed by atoms with Crippen molar-refractivity contribution in [1.82, 2.24) is 28.2 Å². The summed E-state index contributed by atoms with van der Waals surface area (Å²) in [6.45, 7) is 2.09. The van der Waals surface area contributed by atoms with Crippen molar-refractivity contribution in [3.05, 3.63) is 71.5 Å². The number of aromatic hydroxyl groups is 1. The molecule has 0 amide bonds. The zero-order valence-electron chi connectivity index (χ0n) is 19.3. The highest BCUT2D eigenvalue weighted by Gasteiger charge is 2.18. The van der Waals surface area contributed by atoms with Gasteiger partial charge in [-0.1, -0.05) is 12.1 Å². The van der Waals surface area contributed by atoms with Gasteiger partial charge >= 0.3 is 11.4 Å². The predicted molar refractivity (Wildman–Crippen MR) is 128 cm³/mol. The van der Waals surface area contributed by atoms with Crippen molar-refractivity contribution in [3.8, 4) is 17.3 Å².